The van der Waals surface area contributed by atoms with Gasteiger partial charge in [-0.25, -0.2) is 9.37 Å². The van der Waals surface area contributed by atoms with Crippen LogP contribution in [0.4, 0.5) is 4.39 Å². The average Bonchev–Trinajstić information content (AvgIpc) is 2.84. The number of aromatic nitrogens is 1. The van der Waals surface area contributed by atoms with Gasteiger partial charge >= 0.3 is 0 Å². The molecule has 0 N–H and O–H groups in total. The molecule has 0 bridgehead atoms. The first-order valence-corrected chi connectivity index (χ1v) is 6.05. The molecule has 0 aromatic carbocycles. The van der Waals surface area contributed by atoms with E-state index in [2.05, 4.69) is 4.98 Å². The van der Waals surface area contributed by atoms with Crippen molar-refractivity contribution in [3.05, 3.63) is 28.8 Å². The number of hydrogen-bond acceptors (Lipinski definition) is 2. The quantitative estimate of drug-likeness (QED) is 0.763. The van der Waals surface area contributed by atoms with E-state index in [1.807, 2.05) is 0 Å². The summed E-state index contributed by atoms with van der Waals surface area (Å²) in [5, 5.41) is 0.0567. The second kappa shape index (κ2) is 5.00. The summed E-state index contributed by atoms with van der Waals surface area (Å²) < 4.78 is 13.1. The molecule has 1 saturated carbocycles. The molecule has 0 atom stereocenters. The Bertz CT molecular complexity index is 433. The molecule has 0 unspecified atom stereocenters. The van der Waals surface area contributed by atoms with Gasteiger partial charge < -0.3 is 4.90 Å². The Labute approximate surface area is 105 Å². The molecule has 1 aromatic rings. The molecule has 17 heavy (non-hydrogen) atoms. The summed E-state index contributed by atoms with van der Waals surface area (Å²) in [7, 11) is 1.74. The normalized spacial score (nSPS) is 16.2. The van der Waals surface area contributed by atoms with Crippen LogP contribution in [0.25, 0.3) is 0 Å². The Hall–Kier alpha value is -1.16. The van der Waals surface area contributed by atoms with Crippen LogP contribution in [0.3, 0.4) is 0 Å². The topological polar surface area (TPSA) is 33.2 Å². The number of hydrogen-bond donors (Lipinski definition) is 0. The van der Waals surface area contributed by atoms with Crippen molar-refractivity contribution in [2.75, 3.05) is 7.05 Å². The zero-order chi connectivity index (χ0) is 12.4. The SMILES string of the molecule is CN(C(=O)c1cc(F)cnc1Cl)C1CCCC1. The molecule has 5 heteroatoms. The minimum atomic E-state index is -0.544. The summed E-state index contributed by atoms with van der Waals surface area (Å²) in [6.07, 6.45) is 5.29. The third kappa shape index (κ3) is 2.57. The highest BCUT2D eigenvalue weighted by Gasteiger charge is 2.25. The summed E-state index contributed by atoms with van der Waals surface area (Å²) in [5.74, 6) is -0.800. The first kappa shape index (κ1) is 12.3. The van der Waals surface area contributed by atoms with Gasteiger partial charge in [-0.05, 0) is 18.9 Å². The zero-order valence-corrected chi connectivity index (χ0v) is 10.4. The van der Waals surface area contributed by atoms with Gasteiger partial charge in [-0.15, -0.1) is 0 Å². The van der Waals surface area contributed by atoms with Crippen LogP contribution in [0.5, 0.6) is 0 Å². The third-order valence-electron chi connectivity index (χ3n) is 3.23. The molecule has 0 spiro atoms. The maximum absolute atomic E-state index is 13.1. The molecular formula is C12H14ClFN2O. The molecule has 2 rings (SSSR count). The second-order valence-corrected chi connectivity index (χ2v) is 4.70. The van der Waals surface area contributed by atoms with Crippen molar-refractivity contribution in [3.63, 3.8) is 0 Å². The molecule has 1 aromatic heterocycles. The van der Waals surface area contributed by atoms with Crippen LogP contribution in [0.2, 0.25) is 5.15 Å². The summed E-state index contributed by atoms with van der Waals surface area (Å²) in [6.45, 7) is 0. The predicted molar refractivity (Wildman–Crippen MR) is 63.6 cm³/mol. The first-order chi connectivity index (χ1) is 8.09. The number of carbonyl (C=O) groups is 1. The Morgan fingerprint density at radius 1 is 1.53 bits per heavy atom. The largest absolute Gasteiger partial charge is 0.339 e. The van der Waals surface area contributed by atoms with Crippen molar-refractivity contribution in [3.8, 4) is 0 Å². The molecule has 92 valence electrons. The monoisotopic (exact) mass is 256 g/mol. The van der Waals surface area contributed by atoms with E-state index >= 15 is 0 Å². The predicted octanol–water partition coefficient (Wildman–Crippen LogP) is 2.89. The molecule has 1 heterocycles. The summed E-state index contributed by atoms with van der Waals surface area (Å²) in [5.41, 5.74) is 0.140. The Morgan fingerprint density at radius 3 is 2.82 bits per heavy atom. The number of carbonyl (C=O) groups excluding carboxylic acids is 1. The lowest BCUT2D eigenvalue weighted by Crippen LogP contribution is -2.35. The van der Waals surface area contributed by atoms with Crippen molar-refractivity contribution in [1.29, 1.82) is 0 Å². The van der Waals surface area contributed by atoms with Gasteiger partial charge in [0.15, 0.2) is 0 Å². The van der Waals surface area contributed by atoms with E-state index in [0.29, 0.717) is 0 Å². The van der Waals surface area contributed by atoms with Gasteiger partial charge in [0.1, 0.15) is 11.0 Å². The highest BCUT2D eigenvalue weighted by molar-refractivity contribution is 6.32. The van der Waals surface area contributed by atoms with Gasteiger partial charge in [0.05, 0.1) is 11.8 Å². The van der Waals surface area contributed by atoms with Crippen molar-refractivity contribution in [1.82, 2.24) is 9.88 Å². The van der Waals surface area contributed by atoms with Gasteiger partial charge in [-0.1, -0.05) is 24.4 Å². The maximum atomic E-state index is 13.1. The lowest BCUT2D eigenvalue weighted by Gasteiger charge is -2.24. The van der Waals surface area contributed by atoms with Crippen LogP contribution in [0, 0.1) is 5.82 Å². The fourth-order valence-electron chi connectivity index (χ4n) is 2.22. The number of halogens is 2. The van der Waals surface area contributed by atoms with Gasteiger partial charge in [0.2, 0.25) is 0 Å². The third-order valence-corrected chi connectivity index (χ3v) is 3.53. The van der Waals surface area contributed by atoms with Crippen molar-refractivity contribution in [2.45, 2.75) is 31.7 Å². The van der Waals surface area contributed by atoms with E-state index in [0.717, 1.165) is 37.9 Å². The van der Waals surface area contributed by atoms with Crippen LogP contribution in [-0.2, 0) is 0 Å². The molecule has 1 amide bonds. The fraction of sp³-hybridized carbons (Fsp3) is 0.500. The first-order valence-electron chi connectivity index (χ1n) is 5.68. The Morgan fingerprint density at radius 2 is 2.18 bits per heavy atom. The number of pyridine rings is 1. The highest BCUT2D eigenvalue weighted by Crippen LogP contribution is 2.25. The number of amides is 1. The summed E-state index contributed by atoms with van der Waals surface area (Å²) in [6, 6.07) is 1.38. The minimum Gasteiger partial charge on any atom is -0.339 e. The Kier molecular flexibility index (Phi) is 3.62. The zero-order valence-electron chi connectivity index (χ0n) is 9.62. The van der Waals surface area contributed by atoms with Crippen LogP contribution in [0.1, 0.15) is 36.0 Å². The fourth-order valence-corrected chi connectivity index (χ4v) is 2.40. The van der Waals surface area contributed by atoms with E-state index in [9.17, 15) is 9.18 Å². The standard InChI is InChI=1S/C12H14ClFN2O/c1-16(9-4-2-3-5-9)12(17)10-6-8(14)7-15-11(10)13/h6-7,9H,2-5H2,1H3. The molecule has 0 saturated heterocycles. The number of nitrogens with zero attached hydrogens (tertiary/aromatic N) is 2. The van der Waals surface area contributed by atoms with Gasteiger partial charge in [0, 0.05) is 13.1 Å². The molecule has 3 nitrogen and oxygen atoms in total. The van der Waals surface area contributed by atoms with Gasteiger partial charge in [-0.2, -0.15) is 0 Å². The lowest BCUT2D eigenvalue weighted by atomic mass is 10.2. The molecule has 1 aliphatic carbocycles. The van der Waals surface area contributed by atoms with Gasteiger partial charge in [0.25, 0.3) is 5.91 Å². The smallest absolute Gasteiger partial charge is 0.257 e. The van der Waals surface area contributed by atoms with E-state index < -0.39 is 5.82 Å². The molecule has 1 fully saturated rings. The van der Waals surface area contributed by atoms with Crippen molar-refractivity contribution >= 4 is 17.5 Å². The van der Waals surface area contributed by atoms with Gasteiger partial charge in [-0.3, -0.25) is 4.79 Å². The van der Waals surface area contributed by atoms with Crippen LogP contribution in [0.15, 0.2) is 12.3 Å². The van der Waals surface area contributed by atoms with E-state index in [4.69, 9.17) is 11.6 Å². The molecule has 1 aliphatic rings. The van der Waals surface area contributed by atoms with Crippen LogP contribution < -0.4 is 0 Å². The van der Waals surface area contributed by atoms with Crippen LogP contribution >= 0.6 is 11.6 Å². The van der Waals surface area contributed by atoms with Crippen molar-refractivity contribution in [2.24, 2.45) is 0 Å². The molecular weight excluding hydrogens is 243 g/mol. The van der Waals surface area contributed by atoms with Crippen LogP contribution in [-0.4, -0.2) is 28.9 Å². The van der Waals surface area contributed by atoms with E-state index in [-0.39, 0.29) is 22.7 Å². The second-order valence-electron chi connectivity index (χ2n) is 4.35. The summed E-state index contributed by atoms with van der Waals surface area (Å²) in [4.78, 5) is 17.4. The molecule has 0 radical (unpaired) electrons. The minimum absolute atomic E-state index is 0.0567. The van der Waals surface area contributed by atoms with E-state index in [1.54, 1.807) is 11.9 Å². The average molecular weight is 257 g/mol. The Balaban J connectivity index is 2.20. The number of rotatable bonds is 2. The lowest BCUT2D eigenvalue weighted by molar-refractivity contribution is 0.0734. The maximum Gasteiger partial charge on any atom is 0.257 e. The highest BCUT2D eigenvalue weighted by atomic mass is 35.5. The van der Waals surface area contributed by atoms with Crippen molar-refractivity contribution < 1.29 is 9.18 Å². The summed E-state index contributed by atoms with van der Waals surface area (Å²) >= 11 is 5.82. The molecule has 0 aliphatic heterocycles. The van der Waals surface area contributed by atoms with E-state index in [1.165, 1.54) is 0 Å².